The summed E-state index contributed by atoms with van der Waals surface area (Å²) in [7, 11) is 0. The molecule has 0 saturated heterocycles. The van der Waals surface area contributed by atoms with Crippen LogP contribution in [0.15, 0.2) is 4.99 Å². The zero-order valence-electron chi connectivity index (χ0n) is 13.0. The first-order valence-corrected chi connectivity index (χ1v) is 7.25. The maximum Gasteiger partial charge on any atom is 0.410 e. The maximum atomic E-state index is 12.0. The van der Waals surface area contributed by atoms with E-state index in [1.807, 2.05) is 27.7 Å². The van der Waals surface area contributed by atoms with E-state index in [1.54, 1.807) is 4.90 Å². The van der Waals surface area contributed by atoms with Crippen LogP contribution in [0.2, 0.25) is 0 Å². The van der Waals surface area contributed by atoms with Crippen molar-refractivity contribution in [2.75, 3.05) is 26.2 Å². The minimum Gasteiger partial charge on any atom is -0.444 e. The number of amides is 1. The molecule has 1 unspecified atom stereocenters. The first kappa shape index (κ1) is 16.8. The van der Waals surface area contributed by atoms with Crippen LogP contribution in [0.4, 0.5) is 4.79 Å². The topological polar surface area (TPSA) is 74.2 Å². The Balaban J connectivity index is 2.42. The van der Waals surface area contributed by atoms with Gasteiger partial charge in [-0.2, -0.15) is 0 Å². The van der Waals surface area contributed by atoms with Crippen molar-refractivity contribution < 1.29 is 14.6 Å². The van der Waals surface area contributed by atoms with Gasteiger partial charge in [-0.1, -0.05) is 13.3 Å². The quantitative estimate of drug-likeness (QED) is 0.818. The van der Waals surface area contributed by atoms with Gasteiger partial charge in [0.05, 0.1) is 19.2 Å². The van der Waals surface area contributed by atoms with Gasteiger partial charge in [-0.15, -0.1) is 0 Å². The Bertz CT molecular complexity index is 350. The molecule has 0 saturated carbocycles. The number of carbonyl (C=O) groups is 1. The van der Waals surface area contributed by atoms with Gasteiger partial charge in [0.15, 0.2) is 0 Å². The predicted molar refractivity (Wildman–Crippen MR) is 79.0 cm³/mol. The number of rotatable bonds is 4. The molecule has 6 nitrogen and oxygen atoms in total. The molecule has 2 N–H and O–H groups in total. The Hall–Kier alpha value is -1.30. The third kappa shape index (κ3) is 6.23. The normalized spacial score (nSPS) is 17.4. The monoisotopic (exact) mass is 285 g/mol. The third-order valence-electron chi connectivity index (χ3n) is 2.83. The highest BCUT2D eigenvalue weighted by Crippen LogP contribution is 2.11. The predicted octanol–water partition coefficient (Wildman–Crippen LogP) is 1.39. The van der Waals surface area contributed by atoms with Gasteiger partial charge in [-0.25, -0.2) is 4.79 Å². The van der Waals surface area contributed by atoms with E-state index in [1.165, 1.54) is 0 Å². The number of aliphatic hydroxyl groups is 1. The summed E-state index contributed by atoms with van der Waals surface area (Å²) >= 11 is 0. The molecule has 116 valence electrons. The molecule has 0 aliphatic carbocycles. The average Bonchev–Trinajstić information content (AvgIpc) is 2.35. The number of aliphatic hydroxyl groups excluding tert-OH is 1. The smallest absolute Gasteiger partial charge is 0.410 e. The number of hydrogen-bond donors (Lipinski definition) is 2. The van der Waals surface area contributed by atoms with Gasteiger partial charge in [0.1, 0.15) is 11.4 Å². The van der Waals surface area contributed by atoms with E-state index in [0.717, 1.165) is 18.7 Å². The van der Waals surface area contributed by atoms with Crippen molar-refractivity contribution >= 4 is 11.9 Å². The summed E-state index contributed by atoms with van der Waals surface area (Å²) in [6, 6.07) is 0. The van der Waals surface area contributed by atoms with Crippen molar-refractivity contribution in [3.05, 3.63) is 0 Å². The van der Waals surface area contributed by atoms with Crippen LogP contribution in [0.1, 0.15) is 40.5 Å². The molecule has 0 aromatic heterocycles. The summed E-state index contributed by atoms with van der Waals surface area (Å²) < 4.78 is 5.34. The lowest BCUT2D eigenvalue weighted by Gasteiger charge is -2.30. The van der Waals surface area contributed by atoms with Crippen LogP contribution in [0.3, 0.4) is 0 Å². The van der Waals surface area contributed by atoms with Crippen LogP contribution in [-0.4, -0.2) is 59.8 Å². The Morgan fingerprint density at radius 2 is 2.25 bits per heavy atom. The molecule has 6 heteroatoms. The van der Waals surface area contributed by atoms with Crippen LogP contribution in [0.25, 0.3) is 0 Å². The van der Waals surface area contributed by atoms with Crippen molar-refractivity contribution in [2.45, 2.75) is 52.2 Å². The molecule has 1 atom stereocenters. The Kier molecular flexibility index (Phi) is 6.26. The minimum absolute atomic E-state index is 0.319. The van der Waals surface area contributed by atoms with Crippen molar-refractivity contribution in [3.8, 4) is 0 Å². The number of nitrogens with one attached hydrogen (secondary N) is 1. The fourth-order valence-corrected chi connectivity index (χ4v) is 1.88. The summed E-state index contributed by atoms with van der Waals surface area (Å²) in [5.74, 6) is 0.734. The molecule has 1 aliphatic rings. The first-order valence-electron chi connectivity index (χ1n) is 7.25. The van der Waals surface area contributed by atoms with E-state index >= 15 is 0 Å². The van der Waals surface area contributed by atoms with E-state index in [0.29, 0.717) is 26.2 Å². The molecular weight excluding hydrogens is 258 g/mol. The van der Waals surface area contributed by atoms with Crippen LogP contribution < -0.4 is 5.32 Å². The van der Waals surface area contributed by atoms with Gasteiger partial charge in [0.25, 0.3) is 0 Å². The minimum atomic E-state index is -0.489. The fourth-order valence-electron chi connectivity index (χ4n) is 1.88. The summed E-state index contributed by atoms with van der Waals surface area (Å²) in [6.45, 7) is 9.59. The summed E-state index contributed by atoms with van der Waals surface area (Å²) in [4.78, 5) is 17.9. The first-order chi connectivity index (χ1) is 9.31. The van der Waals surface area contributed by atoms with Gasteiger partial charge in [0, 0.05) is 13.1 Å². The Morgan fingerprint density at radius 1 is 1.55 bits per heavy atom. The van der Waals surface area contributed by atoms with E-state index in [-0.39, 0.29) is 12.2 Å². The Labute approximate surface area is 121 Å². The lowest BCUT2D eigenvalue weighted by Crippen LogP contribution is -2.48. The molecule has 1 amide bonds. The van der Waals surface area contributed by atoms with Gasteiger partial charge in [-0.05, 0) is 27.2 Å². The molecule has 0 aromatic carbocycles. The van der Waals surface area contributed by atoms with Crippen LogP contribution >= 0.6 is 0 Å². The van der Waals surface area contributed by atoms with Crippen molar-refractivity contribution in [2.24, 2.45) is 4.99 Å². The molecule has 0 radical (unpaired) electrons. The molecule has 0 spiro atoms. The standard InChI is InChI=1S/C14H27N3O3/c1-5-6-11(18)9-16-12-10-17(8-7-15-12)13(19)20-14(2,3)4/h11,18H,5-10H2,1-4H3,(H,15,16). The highest BCUT2D eigenvalue weighted by atomic mass is 16.6. The van der Waals surface area contributed by atoms with Crippen molar-refractivity contribution in [1.82, 2.24) is 10.2 Å². The molecule has 0 fully saturated rings. The van der Waals surface area contributed by atoms with E-state index in [9.17, 15) is 9.90 Å². The van der Waals surface area contributed by atoms with Gasteiger partial charge in [0.2, 0.25) is 0 Å². The molecule has 1 heterocycles. The molecule has 20 heavy (non-hydrogen) atoms. The maximum absolute atomic E-state index is 12.0. The number of hydrogen-bond acceptors (Lipinski definition) is 5. The highest BCUT2D eigenvalue weighted by molar-refractivity contribution is 5.87. The third-order valence-corrected chi connectivity index (χ3v) is 2.83. The Morgan fingerprint density at radius 3 is 2.85 bits per heavy atom. The number of nitrogens with zero attached hydrogens (tertiary/aromatic N) is 2. The lowest BCUT2D eigenvalue weighted by atomic mass is 10.2. The van der Waals surface area contributed by atoms with E-state index in [4.69, 9.17) is 4.74 Å². The molecule has 1 rings (SSSR count). The van der Waals surface area contributed by atoms with Crippen molar-refractivity contribution in [1.29, 1.82) is 0 Å². The fraction of sp³-hybridized carbons (Fsp3) is 0.857. The average molecular weight is 285 g/mol. The molecule has 0 bridgehead atoms. The summed E-state index contributed by atoms with van der Waals surface area (Å²) in [5, 5.41) is 12.8. The molecular formula is C14H27N3O3. The highest BCUT2D eigenvalue weighted by Gasteiger charge is 2.25. The van der Waals surface area contributed by atoms with Gasteiger partial charge < -0.3 is 15.2 Å². The number of carbonyl (C=O) groups excluding carboxylic acids is 1. The number of aliphatic imine (C=N–C) groups is 1. The SMILES string of the molecule is CCCC(O)CNC1=NCCN(C(=O)OC(C)(C)C)C1. The van der Waals surface area contributed by atoms with Gasteiger partial charge >= 0.3 is 6.09 Å². The van der Waals surface area contributed by atoms with Crippen LogP contribution in [0, 0.1) is 0 Å². The number of ether oxygens (including phenoxy) is 1. The zero-order chi connectivity index (χ0) is 15.2. The van der Waals surface area contributed by atoms with Crippen molar-refractivity contribution in [3.63, 3.8) is 0 Å². The second-order valence-corrected chi connectivity index (χ2v) is 6.05. The second-order valence-electron chi connectivity index (χ2n) is 6.05. The zero-order valence-corrected chi connectivity index (χ0v) is 13.0. The van der Waals surface area contributed by atoms with E-state index in [2.05, 4.69) is 10.3 Å². The second kappa shape index (κ2) is 7.47. The van der Waals surface area contributed by atoms with Crippen LogP contribution in [-0.2, 0) is 4.74 Å². The largest absolute Gasteiger partial charge is 0.444 e. The summed E-state index contributed by atoms with van der Waals surface area (Å²) in [6.07, 6.45) is 1.01. The van der Waals surface area contributed by atoms with E-state index < -0.39 is 5.60 Å². The van der Waals surface area contributed by atoms with Crippen LogP contribution in [0.5, 0.6) is 0 Å². The summed E-state index contributed by atoms with van der Waals surface area (Å²) in [5.41, 5.74) is -0.489. The van der Waals surface area contributed by atoms with Gasteiger partial charge in [-0.3, -0.25) is 9.89 Å². The molecule has 0 aromatic rings. The number of amidine groups is 1. The lowest BCUT2D eigenvalue weighted by molar-refractivity contribution is 0.0276. The molecule has 1 aliphatic heterocycles.